The van der Waals surface area contributed by atoms with Crippen LogP contribution >= 0.6 is 22.9 Å². The predicted molar refractivity (Wildman–Crippen MR) is 60.9 cm³/mol. The summed E-state index contributed by atoms with van der Waals surface area (Å²) in [6.45, 7) is 0.782. The van der Waals surface area contributed by atoms with E-state index in [-0.39, 0.29) is 0 Å². The molecule has 0 aliphatic carbocycles. The minimum absolute atomic E-state index is 0.767. The van der Waals surface area contributed by atoms with Gasteiger partial charge < -0.3 is 5.32 Å². The van der Waals surface area contributed by atoms with E-state index in [1.54, 1.807) is 17.5 Å². The fourth-order valence-corrected chi connectivity index (χ4v) is 1.74. The first-order valence-corrected chi connectivity index (χ1v) is 5.48. The van der Waals surface area contributed by atoms with E-state index < -0.39 is 0 Å². The number of aromatic nitrogens is 1. The first-order valence-electron chi connectivity index (χ1n) is 4.22. The lowest BCUT2D eigenvalue weighted by atomic mass is 10.2. The van der Waals surface area contributed by atoms with E-state index >= 15 is 0 Å². The third-order valence-corrected chi connectivity index (χ3v) is 2.77. The highest BCUT2D eigenvalue weighted by Crippen LogP contribution is 2.13. The van der Waals surface area contributed by atoms with Crippen LogP contribution in [0, 0.1) is 0 Å². The molecule has 1 N–H and O–H groups in total. The van der Waals surface area contributed by atoms with Crippen molar-refractivity contribution in [2.75, 3.05) is 5.32 Å². The van der Waals surface area contributed by atoms with Gasteiger partial charge in [0.05, 0.1) is 0 Å². The summed E-state index contributed by atoms with van der Waals surface area (Å²) in [5.41, 5.74) is 1.20. The van der Waals surface area contributed by atoms with Crippen LogP contribution in [0.15, 0.2) is 35.8 Å². The van der Waals surface area contributed by atoms with E-state index in [0.29, 0.717) is 0 Å². The molecule has 0 amide bonds. The van der Waals surface area contributed by atoms with Gasteiger partial charge >= 0.3 is 0 Å². The van der Waals surface area contributed by atoms with Crippen LogP contribution in [0.3, 0.4) is 0 Å². The van der Waals surface area contributed by atoms with E-state index in [1.807, 2.05) is 29.6 Å². The van der Waals surface area contributed by atoms with E-state index in [4.69, 9.17) is 11.6 Å². The lowest BCUT2D eigenvalue weighted by Crippen LogP contribution is -1.97. The summed E-state index contributed by atoms with van der Waals surface area (Å²) in [4.78, 5) is 4.13. The number of halogens is 1. The Kier molecular flexibility index (Phi) is 3.01. The molecule has 0 atom stereocenters. The second-order valence-electron chi connectivity index (χ2n) is 2.82. The summed E-state index contributed by atoms with van der Waals surface area (Å²) < 4.78 is 0. The Morgan fingerprint density at radius 1 is 1.29 bits per heavy atom. The minimum Gasteiger partial charge on any atom is -0.357 e. The van der Waals surface area contributed by atoms with Crippen molar-refractivity contribution >= 4 is 28.1 Å². The molecule has 0 aliphatic heterocycles. The number of rotatable bonds is 3. The Bertz CT molecular complexity index is 383. The third-order valence-electron chi connectivity index (χ3n) is 1.79. The second kappa shape index (κ2) is 4.44. The molecule has 2 nitrogen and oxygen atoms in total. The molecule has 2 aromatic rings. The van der Waals surface area contributed by atoms with Crippen LogP contribution in [0.2, 0.25) is 5.02 Å². The van der Waals surface area contributed by atoms with Crippen LogP contribution in [0.25, 0.3) is 0 Å². The Morgan fingerprint density at radius 3 is 2.71 bits per heavy atom. The molecule has 0 spiro atoms. The van der Waals surface area contributed by atoms with Gasteiger partial charge in [-0.25, -0.2) is 4.98 Å². The van der Waals surface area contributed by atoms with Crippen LogP contribution in [-0.4, -0.2) is 4.98 Å². The monoisotopic (exact) mass is 224 g/mol. The predicted octanol–water partition coefficient (Wildman–Crippen LogP) is 3.41. The first kappa shape index (κ1) is 9.49. The van der Waals surface area contributed by atoms with E-state index in [9.17, 15) is 0 Å². The summed E-state index contributed by atoms with van der Waals surface area (Å²) in [5, 5.41) is 6.88. The zero-order chi connectivity index (χ0) is 9.80. The lowest BCUT2D eigenvalue weighted by molar-refractivity contribution is 1.13. The van der Waals surface area contributed by atoms with Crippen LogP contribution in [0.4, 0.5) is 5.13 Å². The molecular formula is C10H9ClN2S. The van der Waals surface area contributed by atoms with Gasteiger partial charge in [0.25, 0.3) is 0 Å². The molecule has 72 valence electrons. The zero-order valence-electron chi connectivity index (χ0n) is 7.40. The van der Waals surface area contributed by atoms with Gasteiger partial charge in [-0.3, -0.25) is 0 Å². The summed E-state index contributed by atoms with van der Waals surface area (Å²) in [6.07, 6.45) is 1.79. The van der Waals surface area contributed by atoms with Crippen molar-refractivity contribution in [2.45, 2.75) is 6.54 Å². The van der Waals surface area contributed by atoms with Crippen LogP contribution in [0.1, 0.15) is 5.56 Å². The molecule has 0 unspecified atom stereocenters. The molecule has 0 aliphatic rings. The number of thiazole rings is 1. The summed E-state index contributed by atoms with van der Waals surface area (Å²) in [7, 11) is 0. The number of nitrogens with zero attached hydrogens (tertiary/aromatic N) is 1. The molecule has 0 fully saturated rings. The number of nitrogens with one attached hydrogen (secondary N) is 1. The molecule has 0 radical (unpaired) electrons. The normalized spacial score (nSPS) is 10.1. The van der Waals surface area contributed by atoms with Gasteiger partial charge in [0.15, 0.2) is 5.13 Å². The quantitative estimate of drug-likeness (QED) is 0.865. The second-order valence-corrected chi connectivity index (χ2v) is 4.15. The maximum atomic E-state index is 5.78. The van der Waals surface area contributed by atoms with Crippen molar-refractivity contribution in [3.8, 4) is 0 Å². The van der Waals surface area contributed by atoms with Crippen LogP contribution in [-0.2, 0) is 6.54 Å². The number of hydrogen-bond acceptors (Lipinski definition) is 3. The Balaban J connectivity index is 1.95. The van der Waals surface area contributed by atoms with E-state index in [0.717, 1.165) is 16.7 Å². The molecule has 1 aromatic carbocycles. The van der Waals surface area contributed by atoms with E-state index in [1.165, 1.54) is 5.56 Å². The van der Waals surface area contributed by atoms with Gasteiger partial charge in [-0.05, 0) is 17.7 Å². The third kappa shape index (κ3) is 2.47. The summed E-state index contributed by atoms with van der Waals surface area (Å²) in [6, 6.07) is 7.78. The first-order chi connectivity index (χ1) is 6.84. The molecule has 0 saturated heterocycles. The molecule has 0 bridgehead atoms. The van der Waals surface area contributed by atoms with Crippen molar-refractivity contribution in [2.24, 2.45) is 0 Å². The molecule has 4 heteroatoms. The van der Waals surface area contributed by atoms with Crippen molar-refractivity contribution in [3.63, 3.8) is 0 Å². The molecule has 14 heavy (non-hydrogen) atoms. The topological polar surface area (TPSA) is 24.9 Å². The lowest BCUT2D eigenvalue weighted by Gasteiger charge is -2.02. The molecular weight excluding hydrogens is 216 g/mol. The highest BCUT2D eigenvalue weighted by molar-refractivity contribution is 7.13. The van der Waals surface area contributed by atoms with Crippen LogP contribution in [0.5, 0.6) is 0 Å². The molecule has 1 heterocycles. The van der Waals surface area contributed by atoms with Gasteiger partial charge in [0.2, 0.25) is 0 Å². The average molecular weight is 225 g/mol. The van der Waals surface area contributed by atoms with Crippen molar-refractivity contribution in [1.29, 1.82) is 0 Å². The smallest absolute Gasteiger partial charge is 0.182 e. The van der Waals surface area contributed by atoms with Crippen LogP contribution < -0.4 is 5.32 Å². The van der Waals surface area contributed by atoms with Crippen molar-refractivity contribution in [1.82, 2.24) is 4.98 Å². The Morgan fingerprint density at radius 2 is 2.07 bits per heavy atom. The average Bonchev–Trinajstić information content (AvgIpc) is 2.70. The summed E-state index contributed by atoms with van der Waals surface area (Å²) in [5.74, 6) is 0. The maximum Gasteiger partial charge on any atom is 0.182 e. The number of benzene rings is 1. The summed E-state index contributed by atoms with van der Waals surface area (Å²) >= 11 is 7.38. The zero-order valence-corrected chi connectivity index (χ0v) is 8.98. The van der Waals surface area contributed by atoms with Gasteiger partial charge in [-0.15, -0.1) is 11.3 Å². The fraction of sp³-hybridized carbons (Fsp3) is 0.100. The standard InChI is InChI=1S/C10H9ClN2S/c11-9-3-1-8(2-4-9)7-13-10-12-5-6-14-10/h1-6H,7H2,(H,12,13). The number of anilines is 1. The van der Waals surface area contributed by atoms with Crippen molar-refractivity contribution in [3.05, 3.63) is 46.4 Å². The fourth-order valence-electron chi connectivity index (χ4n) is 1.09. The van der Waals surface area contributed by atoms with Gasteiger partial charge in [-0.1, -0.05) is 23.7 Å². The Hall–Kier alpha value is -1.06. The number of hydrogen-bond donors (Lipinski definition) is 1. The van der Waals surface area contributed by atoms with E-state index in [2.05, 4.69) is 10.3 Å². The highest BCUT2D eigenvalue weighted by Gasteiger charge is 1.95. The van der Waals surface area contributed by atoms with Crippen molar-refractivity contribution < 1.29 is 0 Å². The Labute approximate surface area is 91.6 Å². The highest BCUT2D eigenvalue weighted by atomic mass is 35.5. The SMILES string of the molecule is Clc1ccc(CNc2nccs2)cc1. The maximum absolute atomic E-state index is 5.78. The van der Waals surface area contributed by atoms with Gasteiger partial charge in [-0.2, -0.15) is 0 Å². The molecule has 0 saturated carbocycles. The van der Waals surface area contributed by atoms with Gasteiger partial charge in [0, 0.05) is 23.1 Å². The minimum atomic E-state index is 0.767. The van der Waals surface area contributed by atoms with Gasteiger partial charge in [0.1, 0.15) is 0 Å². The molecule has 2 rings (SSSR count). The molecule has 1 aromatic heterocycles. The largest absolute Gasteiger partial charge is 0.357 e.